The summed E-state index contributed by atoms with van der Waals surface area (Å²) in [6.07, 6.45) is 3.70. The number of aromatic nitrogens is 3. The predicted molar refractivity (Wildman–Crippen MR) is 109 cm³/mol. The zero-order valence-electron chi connectivity index (χ0n) is 15.0. The van der Waals surface area contributed by atoms with Crippen LogP contribution in [0.5, 0.6) is 0 Å². The van der Waals surface area contributed by atoms with E-state index in [4.69, 9.17) is 4.52 Å². The average Bonchev–Trinajstić information content (AvgIpc) is 3.10. The zero-order chi connectivity index (χ0) is 18.6. The van der Waals surface area contributed by atoms with Crippen LogP contribution < -0.4 is 5.32 Å². The Morgan fingerprint density at radius 2 is 1.67 bits per heavy atom. The molecule has 0 unspecified atom stereocenters. The number of hydrogen-bond donors (Lipinski definition) is 1. The monoisotopic (exact) mass is 374 g/mol. The van der Waals surface area contributed by atoms with Gasteiger partial charge in [-0.1, -0.05) is 47.6 Å². The molecule has 0 amide bonds. The summed E-state index contributed by atoms with van der Waals surface area (Å²) in [4.78, 5) is 8.96. The van der Waals surface area contributed by atoms with E-state index in [0.29, 0.717) is 5.95 Å². The van der Waals surface area contributed by atoms with E-state index < -0.39 is 0 Å². The van der Waals surface area contributed by atoms with Crippen LogP contribution in [0.3, 0.4) is 0 Å². The van der Waals surface area contributed by atoms with E-state index in [1.807, 2.05) is 49.6 Å². The maximum atomic E-state index is 5.30. The number of nitrogens with zero attached hydrogens (tertiary/aromatic N) is 3. The average molecular weight is 374 g/mol. The van der Waals surface area contributed by atoms with Gasteiger partial charge in [0.1, 0.15) is 10.8 Å². The van der Waals surface area contributed by atoms with Gasteiger partial charge in [-0.3, -0.25) is 0 Å². The number of benzene rings is 2. The molecular formula is C21H18N4OS. The number of thioether (sulfide) groups is 1. The first-order valence-corrected chi connectivity index (χ1v) is 9.73. The fourth-order valence-electron chi connectivity index (χ4n) is 2.84. The summed E-state index contributed by atoms with van der Waals surface area (Å²) >= 11 is 1.53. The molecule has 0 aliphatic rings. The van der Waals surface area contributed by atoms with Crippen molar-refractivity contribution in [3.63, 3.8) is 0 Å². The van der Waals surface area contributed by atoms with Crippen LogP contribution in [0, 0.1) is 6.92 Å². The van der Waals surface area contributed by atoms with Crippen LogP contribution in [0.1, 0.15) is 5.76 Å². The Morgan fingerprint density at radius 3 is 2.41 bits per heavy atom. The van der Waals surface area contributed by atoms with Gasteiger partial charge >= 0.3 is 0 Å². The lowest BCUT2D eigenvalue weighted by molar-refractivity contribution is 0.384. The molecule has 1 N–H and O–H groups in total. The highest BCUT2D eigenvalue weighted by Gasteiger charge is 2.16. The minimum Gasteiger partial charge on any atom is -0.360 e. The third-order valence-electron chi connectivity index (χ3n) is 4.18. The molecule has 2 aromatic heterocycles. The normalized spacial score (nSPS) is 10.7. The standard InChI is InChI=1S/C21H18N4OS/c1-14-19(20(27-2)25-26-14)18-12-13-22-21(24-18)23-17-10-8-16(9-11-17)15-6-4-3-5-7-15/h3-13H,1-2H3,(H,22,23,24). The maximum absolute atomic E-state index is 5.30. The SMILES string of the molecule is CSc1noc(C)c1-c1ccnc(Nc2ccc(-c3ccccc3)cc2)n1. The summed E-state index contributed by atoms with van der Waals surface area (Å²) in [5.74, 6) is 1.28. The molecule has 0 aliphatic carbocycles. The minimum atomic E-state index is 0.535. The van der Waals surface area contributed by atoms with Gasteiger partial charge < -0.3 is 9.84 Å². The Morgan fingerprint density at radius 1 is 0.926 bits per heavy atom. The first-order valence-electron chi connectivity index (χ1n) is 8.51. The molecule has 0 radical (unpaired) electrons. The molecular weight excluding hydrogens is 356 g/mol. The van der Waals surface area contributed by atoms with Crippen molar-refractivity contribution in [2.24, 2.45) is 0 Å². The van der Waals surface area contributed by atoms with Gasteiger partial charge in [-0.15, -0.1) is 11.8 Å². The fourth-order valence-corrected chi connectivity index (χ4v) is 3.41. The molecule has 0 saturated carbocycles. The van der Waals surface area contributed by atoms with Crippen LogP contribution in [-0.4, -0.2) is 21.4 Å². The van der Waals surface area contributed by atoms with Gasteiger partial charge in [0.25, 0.3) is 0 Å². The summed E-state index contributed by atoms with van der Waals surface area (Å²) in [5, 5.41) is 8.16. The lowest BCUT2D eigenvalue weighted by Crippen LogP contribution is -1.98. The first kappa shape index (κ1) is 17.3. The predicted octanol–water partition coefficient (Wildman–Crippen LogP) is 5.57. The van der Waals surface area contributed by atoms with Gasteiger partial charge in [0.05, 0.1) is 11.3 Å². The third-order valence-corrected chi connectivity index (χ3v) is 4.85. The van der Waals surface area contributed by atoms with E-state index in [9.17, 15) is 0 Å². The van der Waals surface area contributed by atoms with Gasteiger partial charge in [-0.05, 0) is 42.5 Å². The molecule has 6 heteroatoms. The lowest BCUT2D eigenvalue weighted by atomic mass is 10.1. The third kappa shape index (κ3) is 3.71. The molecule has 134 valence electrons. The topological polar surface area (TPSA) is 63.8 Å². The molecule has 4 rings (SSSR count). The lowest BCUT2D eigenvalue weighted by Gasteiger charge is -2.08. The minimum absolute atomic E-state index is 0.535. The van der Waals surface area contributed by atoms with Crippen LogP contribution in [0.15, 0.2) is 76.4 Å². The van der Waals surface area contributed by atoms with E-state index in [1.54, 1.807) is 6.20 Å². The number of rotatable bonds is 5. The quantitative estimate of drug-likeness (QED) is 0.461. The number of anilines is 2. The van der Waals surface area contributed by atoms with Crippen LogP contribution in [-0.2, 0) is 0 Å². The molecule has 0 fully saturated rings. The molecule has 2 aromatic carbocycles. The van der Waals surface area contributed by atoms with E-state index in [0.717, 1.165) is 27.7 Å². The number of hydrogen-bond acceptors (Lipinski definition) is 6. The van der Waals surface area contributed by atoms with Crippen molar-refractivity contribution in [2.75, 3.05) is 11.6 Å². The second-order valence-electron chi connectivity index (χ2n) is 5.96. The van der Waals surface area contributed by atoms with Crippen molar-refractivity contribution in [3.05, 3.63) is 72.6 Å². The maximum Gasteiger partial charge on any atom is 0.227 e. The number of nitrogens with one attached hydrogen (secondary N) is 1. The summed E-state index contributed by atoms with van der Waals surface area (Å²) in [6, 6.07) is 20.4. The van der Waals surface area contributed by atoms with Crippen molar-refractivity contribution >= 4 is 23.4 Å². The van der Waals surface area contributed by atoms with Crippen molar-refractivity contribution in [1.82, 2.24) is 15.1 Å². The van der Waals surface area contributed by atoms with Crippen molar-refractivity contribution in [1.29, 1.82) is 0 Å². The van der Waals surface area contributed by atoms with Crippen molar-refractivity contribution < 1.29 is 4.52 Å². The molecule has 0 bridgehead atoms. The Bertz CT molecular complexity index is 1050. The highest BCUT2D eigenvalue weighted by atomic mass is 32.2. The zero-order valence-corrected chi connectivity index (χ0v) is 15.8. The molecule has 0 saturated heterocycles. The molecule has 2 heterocycles. The molecule has 0 atom stereocenters. The molecule has 0 spiro atoms. The van der Waals surface area contributed by atoms with Crippen molar-refractivity contribution in [2.45, 2.75) is 11.9 Å². The second kappa shape index (κ2) is 7.63. The highest BCUT2D eigenvalue weighted by Crippen LogP contribution is 2.32. The largest absolute Gasteiger partial charge is 0.360 e. The van der Waals surface area contributed by atoms with E-state index >= 15 is 0 Å². The van der Waals surface area contributed by atoms with E-state index in [1.165, 1.54) is 22.9 Å². The molecule has 27 heavy (non-hydrogen) atoms. The summed E-state index contributed by atoms with van der Waals surface area (Å²) in [6.45, 7) is 1.89. The van der Waals surface area contributed by atoms with Gasteiger partial charge in [0, 0.05) is 11.9 Å². The smallest absolute Gasteiger partial charge is 0.227 e. The fraction of sp³-hybridized carbons (Fsp3) is 0.0952. The Kier molecular flexibility index (Phi) is 4.89. The molecule has 4 aromatic rings. The Balaban J connectivity index is 1.58. The first-order chi connectivity index (χ1) is 13.2. The number of aryl methyl sites for hydroxylation is 1. The van der Waals surface area contributed by atoms with Gasteiger partial charge in [0.2, 0.25) is 5.95 Å². The summed E-state index contributed by atoms with van der Waals surface area (Å²) in [7, 11) is 0. The van der Waals surface area contributed by atoms with Crippen LogP contribution in [0.2, 0.25) is 0 Å². The highest BCUT2D eigenvalue weighted by molar-refractivity contribution is 7.98. The van der Waals surface area contributed by atoms with Gasteiger partial charge in [-0.25, -0.2) is 9.97 Å². The Labute approximate surface area is 161 Å². The van der Waals surface area contributed by atoms with Crippen LogP contribution in [0.25, 0.3) is 22.4 Å². The van der Waals surface area contributed by atoms with Crippen molar-refractivity contribution in [3.8, 4) is 22.4 Å². The molecule has 5 nitrogen and oxygen atoms in total. The van der Waals surface area contributed by atoms with Gasteiger partial charge in [-0.2, -0.15) is 0 Å². The second-order valence-corrected chi connectivity index (χ2v) is 6.75. The summed E-state index contributed by atoms with van der Waals surface area (Å²) in [5.41, 5.74) is 4.98. The van der Waals surface area contributed by atoms with E-state index in [2.05, 4.69) is 44.7 Å². The van der Waals surface area contributed by atoms with Crippen LogP contribution in [0.4, 0.5) is 11.6 Å². The Hall–Kier alpha value is -3.12. The van der Waals surface area contributed by atoms with Crippen LogP contribution >= 0.6 is 11.8 Å². The summed E-state index contributed by atoms with van der Waals surface area (Å²) < 4.78 is 5.30. The van der Waals surface area contributed by atoms with E-state index in [-0.39, 0.29) is 0 Å². The van der Waals surface area contributed by atoms with Gasteiger partial charge in [0.15, 0.2) is 0 Å². The molecule has 0 aliphatic heterocycles.